The van der Waals surface area contributed by atoms with Gasteiger partial charge in [0.2, 0.25) is 0 Å². The summed E-state index contributed by atoms with van der Waals surface area (Å²) in [4.78, 5) is 35.5. The van der Waals surface area contributed by atoms with Crippen LogP contribution in [-0.2, 0) is 0 Å². The van der Waals surface area contributed by atoms with Gasteiger partial charge in [0.05, 0.1) is 10.9 Å². The summed E-state index contributed by atoms with van der Waals surface area (Å²) in [6.45, 7) is 0. The lowest BCUT2D eigenvalue weighted by atomic mass is 10.2. The van der Waals surface area contributed by atoms with Gasteiger partial charge < -0.3 is 10.1 Å². The normalized spacial score (nSPS) is 10.6. The molecule has 2 aromatic rings. The second-order valence-corrected chi connectivity index (χ2v) is 3.04. The third kappa shape index (κ3) is 1.38. The fourth-order valence-corrected chi connectivity index (χ4v) is 1.36. The van der Waals surface area contributed by atoms with Gasteiger partial charge in [0.15, 0.2) is 0 Å². The summed E-state index contributed by atoms with van der Waals surface area (Å²) in [5.41, 5.74) is -2.05. The quantitative estimate of drug-likeness (QED) is 0.675. The first-order valence-corrected chi connectivity index (χ1v) is 4.18. The van der Waals surface area contributed by atoms with Crippen LogP contribution in [0.1, 0.15) is 0 Å². The van der Waals surface area contributed by atoms with E-state index in [4.69, 9.17) is 5.11 Å². The van der Waals surface area contributed by atoms with Crippen LogP contribution in [0, 0.1) is 5.82 Å². The first-order chi connectivity index (χ1) is 7.50. The monoisotopic (exact) mass is 224 g/mol. The Morgan fingerprint density at radius 3 is 2.69 bits per heavy atom. The number of halogens is 1. The molecular weight excluding hydrogens is 219 g/mol. The lowest BCUT2D eigenvalue weighted by Gasteiger charge is -2.00. The fourth-order valence-electron chi connectivity index (χ4n) is 1.36. The molecule has 82 valence electrons. The van der Waals surface area contributed by atoms with E-state index in [0.717, 1.165) is 12.1 Å². The maximum Gasteiger partial charge on any atom is 0.422 e. The van der Waals surface area contributed by atoms with Crippen molar-refractivity contribution in [1.29, 1.82) is 0 Å². The van der Waals surface area contributed by atoms with Crippen LogP contribution < -0.4 is 11.2 Å². The van der Waals surface area contributed by atoms with Crippen molar-refractivity contribution in [3.05, 3.63) is 44.9 Å². The molecule has 0 radical (unpaired) electrons. The van der Waals surface area contributed by atoms with Gasteiger partial charge in [0.1, 0.15) is 5.82 Å². The highest BCUT2D eigenvalue weighted by atomic mass is 19.1. The molecule has 0 saturated heterocycles. The van der Waals surface area contributed by atoms with E-state index in [1.165, 1.54) is 6.07 Å². The van der Waals surface area contributed by atoms with E-state index in [2.05, 4.69) is 4.98 Å². The third-order valence-corrected chi connectivity index (χ3v) is 2.05. The van der Waals surface area contributed by atoms with E-state index >= 15 is 0 Å². The Labute approximate surface area is 86.6 Å². The molecule has 0 amide bonds. The molecule has 1 heterocycles. The SMILES string of the molecule is O=C(O)n1c(=O)[nH]c2ccc(F)cc2c1=O. The average molecular weight is 224 g/mol. The minimum absolute atomic E-state index is 0.0121. The molecule has 16 heavy (non-hydrogen) atoms. The van der Waals surface area contributed by atoms with E-state index in [-0.39, 0.29) is 15.5 Å². The summed E-state index contributed by atoms with van der Waals surface area (Å²) in [5, 5.41) is 8.43. The van der Waals surface area contributed by atoms with Crippen molar-refractivity contribution in [1.82, 2.24) is 9.55 Å². The molecule has 0 aliphatic carbocycles. The van der Waals surface area contributed by atoms with Crippen LogP contribution in [0.25, 0.3) is 10.9 Å². The molecule has 0 spiro atoms. The molecule has 6 nitrogen and oxygen atoms in total. The standard InChI is InChI=1S/C9H5FN2O4/c10-4-1-2-6-5(3-4)7(13)12(9(15)16)8(14)11-6/h1-3H,(H,11,14)(H,15,16). The number of hydrogen-bond acceptors (Lipinski definition) is 3. The van der Waals surface area contributed by atoms with Crippen LogP contribution >= 0.6 is 0 Å². The zero-order valence-electron chi connectivity index (χ0n) is 7.73. The number of hydrogen-bond donors (Lipinski definition) is 2. The minimum atomic E-state index is -1.71. The predicted octanol–water partition coefficient (Wildman–Crippen LogP) is 0.355. The topological polar surface area (TPSA) is 92.2 Å². The van der Waals surface area contributed by atoms with Crippen LogP contribution in [0.15, 0.2) is 27.8 Å². The third-order valence-electron chi connectivity index (χ3n) is 2.05. The Morgan fingerprint density at radius 1 is 1.38 bits per heavy atom. The van der Waals surface area contributed by atoms with Gasteiger partial charge in [-0.15, -0.1) is 0 Å². The number of carboxylic acid groups (broad SMARTS) is 1. The number of carbonyl (C=O) groups is 1. The number of aromatic amines is 1. The Hall–Kier alpha value is -2.44. The van der Waals surface area contributed by atoms with E-state index in [0.29, 0.717) is 0 Å². The molecule has 1 aromatic heterocycles. The molecule has 2 N–H and O–H groups in total. The van der Waals surface area contributed by atoms with Gasteiger partial charge in [-0.05, 0) is 18.2 Å². The zero-order valence-corrected chi connectivity index (χ0v) is 7.73. The van der Waals surface area contributed by atoms with Gasteiger partial charge in [0, 0.05) is 0 Å². The second kappa shape index (κ2) is 3.30. The summed E-state index contributed by atoms with van der Waals surface area (Å²) in [7, 11) is 0. The average Bonchev–Trinajstić information content (AvgIpc) is 2.19. The summed E-state index contributed by atoms with van der Waals surface area (Å²) < 4.78 is 12.9. The van der Waals surface area contributed by atoms with Gasteiger partial charge >= 0.3 is 11.8 Å². The Morgan fingerprint density at radius 2 is 2.06 bits per heavy atom. The van der Waals surface area contributed by atoms with Gasteiger partial charge in [-0.25, -0.2) is 14.0 Å². The van der Waals surface area contributed by atoms with Gasteiger partial charge in [-0.2, -0.15) is 4.57 Å². The molecule has 0 aliphatic rings. The second-order valence-electron chi connectivity index (χ2n) is 3.04. The first kappa shape index (κ1) is 10.1. The van der Waals surface area contributed by atoms with Gasteiger partial charge in [-0.3, -0.25) is 4.79 Å². The lowest BCUT2D eigenvalue weighted by molar-refractivity contribution is 0.194. The van der Waals surface area contributed by atoms with Gasteiger partial charge in [0.25, 0.3) is 5.56 Å². The number of fused-ring (bicyclic) bond motifs is 1. The number of aromatic nitrogens is 2. The lowest BCUT2D eigenvalue weighted by Crippen LogP contribution is -2.39. The number of nitrogens with one attached hydrogen (secondary N) is 1. The first-order valence-electron chi connectivity index (χ1n) is 4.18. The molecule has 0 saturated carbocycles. The van der Waals surface area contributed by atoms with Crippen molar-refractivity contribution >= 4 is 17.0 Å². The Bertz CT molecular complexity index is 701. The smallest absolute Gasteiger partial charge is 0.422 e. The molecule has 0 bridgehead atoms. The highest BCUT2D eigenvalue weighted by Crippen LogP contribution is 2.06. The summed E-state index contributed by atoms with van der Waals surface area (Å²) in [6.07, 6.45) is -1.71. The van der Waals surface area contributed by atoms with Crippen molar-refractivity contribution in [3.8, 4) is 0 Å². The van der Waals surface area contributed by atoms with E-state index in [9.17, 15) is 18.8 Å². The van der Waals surface area contributed by atoms with Crippen molar-refractivity contribution in [2.24, 2.45) is 0 Å². The van der Waals surface area contributed by atoms with Crippen LogP contribution in [0.2, 0.25) is 0 Å². The molecule has 7 heteroatoms. The fraction of sp³-hybridized carbons (Fsp3) is 0. The van der Waals surface area contributed by atoms with Crippen LogP contribution in [-0.4, -0.2) is 20.8 Å². The van der Waals surface area contributed by atoms with E-state index < -0.39 is 23.2 Å². The molecule has 0 unspecified atom stereocenters. The van der Waals surface area contributed by atoms with Crippen LogP contribution in [0.4, 0.5) is 9.18 Å². The molecule has 1 aromatic carbocycles. The molecular formula is C9H5FN2O4. The largest absolute Gasteiger partial charge is 0.464 e. The van der Waals surface area contributed by atoms with Crippen molar-refractivity contribution in [2.75, 3.05) is 0 Å². The van der Waals surface area contributed by atoms with E-state index in [1.807, 2.05) is 0 Å². The van der Waals surface area contributed by atoms with Crippen molar-refractivity contribution in [3.63, 3.8) is 0 Å². The minimum Gasteiger partial charge on any atom is -0.464 e. The molecule has 0 aliphatic heterocycles. The van der Waals surface area contributed by atoms with Crippen LogP contribution in [0.5, 0.6) is 0 Å². The summed E-state index contributed by atoms with van der Waals surface area (Å²) in [6, 6.07) is 3.12. The highest BCUT2D eigenvalue weighted by molar-refractivity contribution is 5.80. The van der Waals surface area contributed by atoms with E-state index in [1.54, 1.807) is 0 Å². The maximum atomic E-state index is 12.9. The number of H-pyrrole nitrogens is 1. The molecule has 2 rings (SSSR count). The highest BCUT2D eigenvalue weighted by Gasteiger charge is 2.12. The summed E-state index contributed by atoms with van der Waals surface area (Å²) >= 11 is 0. The number of nitrogens with zero attached hydrogens (tertiary/aromatic N) is 1. The maximum absolute atomic E-state index is 12.9. The Kier molecular flexibility index (Phi) is 2.08. The zero-order chi connectivity index (χ0) is 11.9. The van der Waals surface area contributed by atoms with Crippen LogP contribution in [0.3, 0.4) is 0 Å². The van der Waals surface area contributed by atoms with Crippen molar-refractivity contribution < 1.29 is 14.3 Å². The molecule has 0 atom stereocenters. The Balaban J connectivity index is 3.03. The predicted molar refractivity (Wildman–Crippen MR) is 52.2 cm³/mol. The summed E-state index contributed by atoms with van der Waals surface area (Å²) in [5.74, 6) is -0.686. The van der Waals surface area contributed by atoms with Gasteiger partial charge in [-0.1, -0.05) is 0 Å². The molecule has 0 fully saturated rings. The van der Waals surface area contributed by atoms with Crippen molar-refractivity contribution in [2.45, 2.75) is 0 Å². The number of rotatable bonds is 0. The number of benzene rings is 1.